The quantitative estimate of drug-likeness (QED) is 0.791. The molecule has 1 aromatic rings. The number of hydrogen-bond acceptors (Lipinski definition) is 3. The molecule has 3 nitrogen and oxygen atoms in total. The minimum absolute atomic E-state index is 0.0449. The van der Waals surface area contributed by atoms with Gasteiger partial charge in [-0.05, 0) is 44.9 Å². The van der Waals surface area contributed by atoms with Crippen LogP contribution in [0.1, 0.15) is 37.0 Å². The van der Waals surface area contributed by atoms with E-state index in [1.54, 1.807) is 13.0 Å². The molecule has 1 saturated heterocycles. The molecule has 1 heterocycles. The number of carbonyl (C=O) groups excluding carboxylic acids is 1. The summed E-state index contributed by atoms with van der Waals surface area (Å²) in [7, 11) is 0. The van der Waals surface area contributed by atoms with Crippen molar-refractivity contribution in [2.75, 3.05) is 24.6 Å². The van der Waals surface area contributed by atoms with E-state index >= 15 is 0 Å². The molecule has 104 valence electrons. The SMILES string of the molecule is CCOC1CCN(c2ccc(C(C)=O)cc2Cl)CC1. The van der Waals surface area contributed by atoms with Crippen molar-refractivity contribution < 1.29 is 9.53 Å². The van der Waals surface area contributed by atoms with Crippen LogP contribution in [0.3, 0.4) is 0 Å². The van der Waals surface area contributed by atoms with Crippen LogP contribution in [-0.2, 0) is 4.74 Å². The summed E-state index contributed by atoms with van der Waals surface area (Å²) in [6.45, 7) is 6.26. The van der Waals surface area contributed by atoms with Gasteiger partial charge in [0.2, 0.25) is 0 Å². The van der Waals surface area contributed by atoms with Crippen molar-refractivity contribution in [2.45, 2.75) is 32.8 Å². The van der Waals surface area contributed by atoms with Gasteiger partial charge in [0.15, 0.2) is 5.78 Å². The Labute approximate surface area is 119 Å². The maximum Gasteiger partial charge on any atom is 0.159 e. The Morgan fingerprint density at radius 1 is 1.42 bits per heavy atom. The number of Topliss-reactive ketones (excluding diaryl/α,β-unsaturated/α-hetero) is 1. The molecule has 0 unspecified atom stereocenters. The molecule has 0 aliphatic carbocycles. The van der Waals surface area contributed by atoms with Crippen LogP contribution >= 0.6 is 11.6 Å². The second-order valence-corrected chi connectivity index (χ2v) is 5.27. The highest BCUT2D eigenvalue weighted by atomic mass is 35.5. The van der Waals surface area contributed by atoms with Crippen molar-refractivity contribution in [3.8, 4) is 0 Å². The first-order chi connectivity index (χ1) is 9.11. The van der Waals surface area contributed by atoms with Gasteiger partial charge in [-0.1, -0.05) is 11.6 Å². The van der Waals surface area contributed by atoms with E-state index in [1.807, 2.05) is 19.1 Å². The summed E-state index contributed by atoms with van der Waals surface area (Å²) < 4.78 is 5.64. The summed E-state index contributed by atoms with van der Waals surface area (Å²) in [6.07, 6.45) is 2.42. The number of rotatable bonds is 4. The van der Waals surface area contributed by atoms with Gasteiger partial charge in [0, 0.05) is 25.3 Å². The second kappa shape index (κ2) is 6.40. The third-order valence-electron chi connectivity index (χ3n) is 3.54. The predicted octanol–water partition coefficient (Wildman–Crippen LogP) is 3.55. The molecule has 1 aliphatic heterocycles. The molecule has 0 spiro atoms. The first-order valence-electron chi connectivity index (χ1n) is 6.79. The highest BCUT2D eigenvalue weighted by Crippen LogP contribution is 2.29. The third kappa shape index (κ3) is 3.48. The van der Waals surface area contributed by atoms with E-state index in [1.165, 1.54) is 0 Å². The standard InChI is InChI=1S/C15H20ClNO2/c1-3-19-13-6-8-17(9-7-13)15-5-4-12(11(2)18)10-14(15)16/h4-5,10,13H,3,6-9H2,1-2H3. The van der Waals surface area contributed by atoms with Crippen molar-refractivity contribution in [1.82, 2.24) is 0 Å². The van der Waals surface area contributed by atoms with Crippen LogP contribution < -0.4 is 4.90 Å². The molecule has 1 aliphatic rings. The lowest BCUT2D eigenvalue weighted by atomic mass is 10.1. The Morgan fingerprint density at radius 3 is 2.63 bits per heavy atom. The van der Waals surface area contributed by atoms with E-state index in [-0.39, 0.29) is 5.78 Å². The van der Waals surface area contributed by atoms with Gasteiger partial charge in [-0.2, -0.15) is 0 Å². The van der Waals surface area contributed by atoms with Gasteiger partial charge in [-0.25, -0.2) is 0 Å². The molecule has 0 N–H and O–H groups in total. The molecule has 0 amide bonds. The topological polar surface area (TPSA) is 29.5 Å². The van der Waals surface area contributed by atoms with Gasteiger partial charge in [0.1, 0.15) is 0 Å². The van der Waals surface area contributed by atoms with Crippen LogP contribution in [-0.4, -0.2) is 31.6 Å². The van der Waals surface area contributed by atoms with Gasteiger partial charge < -0.3 is 9.64 Å². The van der Waals surface area contributed by atoms with E-state index in [2.05, 4.69) is 4.90 Å². The molecule has 0 aromatic heterocycles. The molecular weight excluding hydrogens is 262 g/mol. The van der Waals surface area contributed by atoms with Gasteiger partial charge >= 0.3 is 0 Å². The largest absolute Gasteiger partial charge is 0.378 e. The fourth-order valence-corrected chi connectivity index (χ4v) is 2.78. The number of nitrogens with zero attached hydrogens (tertiary/aromatic N) is 1. The molecule has 19 heavy (non-hydrogen) atoms. The summed E-state index contributed by atoms with van der Waals surface area (Å²) in [5.41, 5.74) is 1.68. The van der Waals surface area contributed by atoms with Gasteiger partial charge in [0.05, 0.1) is 16.8 Å². The Bertz CT molecular complexity index is 453. The fourth-order valence-electron chi connectivity index (χ4n) is 2.48. The zero-order valence-corrected chi connectivity index (χ0v) is 12.2. The van der Waals surface area contributed by atoms with Crippen LogP contribution in [0.2, 0.25) is 5.02 Å². The molecule has 0 saturated carbocycles. The normalized spacial score (nSPS) is 16.7. The highest BCUT2D eigenvalue weighted by Gasteiger charge is 2.21. The second-order valence-electron chi connectivity index (χ2n) is 4.86. The zero-order valence-electron chi connectivity index (χ0n) is 11.5. The lowest BCUT2D eigenvalue weighted by Crippen LogP contribution is -2.37. The average molecular weight is 282 g/mol. The Kier molecular flexibility index (Phi) is 4.83. The summed E-state index contributed by atoms with van der Waals surface area (Å²) in [4.78, 5) is 13.6. The molecule has 0 atom stereocenters. The van der Waals surface area contributed by atoms with Gasteiger partial charge in [-0.3, -0.25) is 4.79 Å². The van der Waals surface area contributed by atoms with Crippen LogP contribution in [0, 0.1) is 0 Å². The van der Waals surface area contributed by atoms with Crippen LogP contribution in [0.5, 0.6) is 0 Å². The minimum Gasteiger partial charge on any atom is -0.378 e. The van der Waals surface area contributed by atoms with Crippen molar-refractivity contribution in [3.63, 3.8) is 0 Å². The average Bonchev–Trinajstić information content (AvgIpc) is 2.40. The molecule has 1 fully saturated rings. The van der Waals surface area contributed by atoms with Crippen molar-refractivity contribution in [1.29, 1.82) is 0 Å². The third-order valence-corrected chi connectivity index (χ3v) is 3.84. The monoisotopic (exact) mass is 281 g/mol. The number of hydrogen-bond donors (Lipinski definition) is 0. The smallest absolute Gasteiger partial charge is 0.159 e. The molecule has 1 aromatic carbocycles. The van der Waals surface area contributed by atoms with Crippen LogP contribution in [0.25, 0.3) is 0 Å². The number of halogens is 1. The first kappa shape index (κ1) is 14.4. The number of ketones is 1. The van der Waals surface area contributed by atoms with Crippen molar-refractivity contribution >= 4 is 23.1 Å². The first-order valence-corrected chi connectivity index (χ1v) is 7.16. The number of benzene rings is 1. The Hall–Kier alpha value is -1.06. The summed E-state index contributed by atoms with van der Waals surface area (Å²) in [5.74, 6) is 0.0449. The minimum atomic E-state index is 0.0449. The Morgan fingerprint density at radius 2 is 2.11 bits per heavy atom. The Balaban J connectivity index is 2.05. The molecule has 4 heteroatoms. The van der Waals surface area contributed by atoms with E-state index in [0.717, 1.165) is 38.2 Å². The van der Waals surface area contributed by atoms with Gasteiger partial charge in [0.25, 0.3) is 0 Å². The summed E-state index contributed by atoms with van der Waals surface area (Å²) >= 11 is 6.28. The zero-order chi connectivity index (χ0) is 13.8. The van der Waals surface area contributed by atoms with E-state index in [9.17, 15) is 4.79 Å². The van der Waals surface area contributed by atoms with Gasteiger partial charge in [-0.15, -0.1) is 0 Å². The number of carbonyl (C=O) groups is 1. The van der Waals surface area contributed by atoms with E-state index in [4.69, 9.17) is 16.3 Å². The fraction of sp³-hybridized carbons (Fsp3) is 0.533. The summed E-state index contributed by atoms with van der Waals surface area (Å²) in [5, 5.41) is 0.655. The van der Waals surface area contributed by atoms with E-state index < -0.39 is 0 Å². The van der Waals surface area contributed by atoms with E-state index in [0.29, 0.717) is 16.7 Å². The lowest BCUT2D eigenvalue weighted by molar-refractivity contribution is 0.0459. The maximum atomic E-state index is 11.3. The molecule has 0 radical (unpaired) electrons. The van der Waals surface area contributed by atoms with Crippen molar-refractivity contribution in [3.05, 3.63) is 28.8 Å². The maximum absolute atomic E-state index is 11.3. The molecule has 0 bridgehead atoms. The number of ether oxygens (including phenoxy) is 1. The predicted molar refractivity (Wildman–Crippen MR) is 78.3 cm³/mol. The van der Waals surface area contributed by atoms with Crippen LogP contribution in [0.4, 0.5) is 5.69 Å². The number of anilines is 1. The summed E-state index contributed by atoms with van der Waals surface area (Å²) in [6, 6.07) is 5.55. The molecule has 2 rings (SSSR count). The van der Waals surface area contributed by atoms with Crippen LogP contribution in [0.15, 0.2) is 18.2 Å². The molecular formula is C15H20ClNO2. The number of piperidine rings is 1. The van der Waals surface area contributed by atoms with Crippen molar-refractivity contribution in [2.24, 2.45) is 0 Å². The highest BCUT2D eigenvalue weighted by molar-refractivity contribution is 6.33. The lowest BCUT2D eigenvalue weighted by Gasteiger charge is -2.34.